The van der Waals surface area contributed by atoms with Crippen molar-refractivity contribution in [1.29, 1.82) is 0 Å². The van der Waals surface area contributed by atoms with Gasteiger partial charge in [0.15, 0.2) is 6.71 Å². The van der Waals surface area contributed by atoms with E-state index in [-0.39, 0.29) is 0 Å². The van der Waals surface area contributed by atoms with Crippen molar-refractivity contribution in [1.82, 2.24) is 0 Å². The summed E-state index contributed by atoms with van der Waals surface area (Å²) in [6, 6.07) is 0. The second-order valence-electron chi connectivity index (χ2n) is 5.76. The summed E-state index contributed by atoms with van der Waals surface area (Å²) in [4.78, 5) is 1.17. The first-order valence-corrected chi connectivity index (χ1v) is 8.45. The van der Waals surface area contributed by atoms with Gasteiger partial charge in [0, 0.05) is 4.48 Å². The lowest BCUT2D eigenvalue weighted by molar-refractivity contribution is 0.447. The van der Waals surface area contributed by atoms with E-state index >= 15 is 0 Å². The molecule has 0 N–H and O–H groups in total. The molecule has 96 valence electrons. The van der Waals surface area contributed by atoms with Crippen molar-refractivity contribution < 1.29 is 0 Å². The molecule has 0 aromatic rings. The molecular weight excluding hydrogens is 294 g/mol. The Morgan fingerprint density at radius 3 is 2.18 bits per heavy atom. The van der Waals surface area contributed by atoms with Crippen LogP contribution in [0.4, 0.5) is 0 Å². The van der Waals surface area contributed by atoms with E-state index in [0.29, 0.717) is 6.71 Å². The number of rotatable bonds is 4. The molecule has 2 rings (SSSR count). The van der Waals surface area contributed by atoms with Crippen molar-refractivity contribution >= 4 is 34.2 Å². The van der Waals surface area contributed by atoms with Crippen LogP contribution in [-0.2, 0) is 0 Å². The van der Waals surface area contributed by atoms with Crippen LogP contribution in [0, 0.1) is 0 Å². The Balaban J connectivity index is 2.08. The summed E-state index contributed by atoms with van der Waals surface area (Å²) in [5.74, 6) is 1.76. The van der Waals surface area contributed by atoms with E-state index in [1.165, 1.54) is 60.8 Å². The standard InChI is InChI=1S/C14H23BBrCl/c1-2-3-10-13(16)14(17)15-11-6-4-7-12(15)9-5-8-11/h11-12H,2-10H2,1H3/b14-13+. The van der Waals surface area contributed by atoms with Gasteiger partial charge in [-0.15, -0.1) is 0 Å². The normalized spacial score (nSPS) is 30.2. The summed E-state index contributed by atoms with van der Waals surface area (Å²) >= 11 is 10.4. The largest absolute Gasteiger partial charge is 0.198 e. The van der Waals surface area contributed by atoms with Crippen molar-refractivity contribution in [2.24, 2.45) is 0 Å². The number of hydrogen-bond donors (Lipinski definition) is 0. The van der Waals surface area contributed by atoms with E-state index in [4.69, 9.17) is 11.6 Å². The van der Waals surface area contributed by atoms with Gasteiger partial charge in [0.25, 0.3) is 0 Å². The van der Waals surface area contributed by atoms with Crippen LogP contribution in [0.3, 0.4) is 0 Å². The molecule has 0 radical (unpaired) electrons. The second kappa shape index (κ2) is 6.66. The molecule has 2 heterocycles. The number of unbranched alkanes of at least 4 members (excludes halogenated alkanes) is 1. The zero-order valence-corrected chi connectivity index (χ0v) is 13.2. The molecule has 17 heavy (non-hydrogen) atoms. The maximum Gasteiger partial charge on any atom is 0.198 e. The molecule has 3 heteroatoms. The van der Waals surface area contributed by atoms with E-state index in [9.17, 15) is 0 Å². The Hall–Kier alpha value is 0.575. The Labute approximate surface area is 120 Å². The van der Waals surface area contributed by atoms with Gasteiger partial charge in [-0.2, -0.15) is 0 Å². The summed E-state index contributed by atoms with van der Waals surface area (Å²) in [7, 11) is 0. The lowest BCUT2D eigenvalue weighted by atomic mass is 9.27. The van der Waals surface area contributed by atoms with Gasteiger partial charge in [-0.3, -0.25) is 0 Å². The molecular formula is C14H23BBrCl. The molecule has 2 bridgehead atoms. The third-order valence-corrected chi connectivity index (χ3v) is 6.15. The number of hydrogen-bond acceptors (Lipinski definition) is 0. The highest BCUT2D eigenvalue weighted by atomic mass is 79.9. The highest BCUT2D eigenvalue weighted by Crippen LogP contribution is 2.50. The molecule has 2 fully saturated rings. The molecule has 0 saturated carbocycles. The lowest BCUT2D eigenvalue weighted by Crippen LogP contribution is -2.35. The first-order valence-electron chi connectivity index (χ1n) is 7.28. The molecule has 0 aromatic heterocycles. The SMILES string of the molecule is CCCC/C(Br)=C(\Cl)B1C2CCCC1CCC2. The summed E-state index contributed by atoms with van der Waals surface area (Å²) in [6.07, 6.45) is 12.1. The predicted octanol–water partition coefficient (Wildman–Crippen LogP) is 6.16. The van der Waals surface area contributed by atoms with Crippen LogP contribution in [0.15, 0.2) is 9.41 Å². The van der Waals surface area contributed by atoms with Crippen LogP contribution in [-0.4, -0.2) is 6.71 Å². The zero-order valence-electron chi connectivity index (χ0n) is 10.9. The number of allylic oxidation sites excluding steroid dienone is 1. The zero-order chi connectivity index (χ0) is 12.3. The van der Waals surface area contributed by atoms with E-state index in [0.717, 1.165) is 18.1 Å². The van der Waals surface area contributed by atoms with E-state index in [1.54, 1.807) is 0 Å². The van der Waals surface area contributed by atoms with Crippen LogP contribution in [0.2, 0.25) is 11.6 Å². The van der Waals surface area contributed by atoms with Crippen molar-refractivity contribution in [2.75, 3.05) is 0 Å². The van der Waals surface area contributed by atoms with Gasteiger partial charge in [0.2, 0.25) is 0 Å². The molecule has 2 aliphatic heterocycles. The minimum absolute atomic E-state index is 0.686. The molecule has 0 atom stereocenters. The molecule has 2 saturated heterocycles. The second-order valence-corrected chi connectivity index (χ2v) is 7.13. The van der Waals surface area contributed by atoms with Gasteiger partial charge < -0.3 is 0 Å². The first-order chi connectivity index (χ1) is 8.24. The van der Waals surface area contributed by atoms with E-state index in [2.05, 4.69) is 22.9 Å². The fraction of sp³-hybridized carbons (Fsp3) is 0.857. The molecule has 0 spiro atoms. The molecule has 0 aromatic carbocycles. The maximum atomic E-state index is 6.68. The van der Waals surface area contributed by atoms with Crippen LogP contribution < -0.4 is 0 Å². The fourth-order valence-corrected chi connectivity index (χ4v) is 4.72. The Morgan fingerprint density at radius 1 is 1.18 bits per heavy atom. The average molecular weight is 318 g/mol. The van der Waals surface area contributed by atoms with Crippen molar-refractivity contribution in [3.63, 3.8) is 0 Å². The Kier molecular flexibility index (Phi) is 5.48. The van der Waals surface area contributed by atoms with Gasteiger partial charge in [0.05, 0.1) is 0 Å². The predicted molar refractivity (Wildman–Crippen MR) is 82.3 cm³/mol. The average Bonchev–Trinajstić information content (AvgIpc) is 2.34. The van der Waals surface area contributed by atoms with Crippen LogP contribution >= 0.6 is 27.5 Å². The number of halogens is 2. The summed E-state index contributed by atoms with van der Waals surface area (Å²) < 4.78 is 1.30. The maximum absolute atomic E-state index is 6.68. The minimum atomic E-state index is 0.686. The van der Waals surface area contributed by atoms with Crippen molar-refractivity contribution in [2.45, 2.75) is 76.3 Å². The van der Waals surface area contributed by atoms with Crippen LogP contribution in [0.25, 0.3) is 0 Å². The van der Waals surface area contributed by atoms with Gasteiger partial charge in [-0.25, -0.2) is 0 Å². The lowest BCUT2D eigenvalue weighted by Gasteiger charge is -2.40. The fourth-order valence-electron chi connectivity index (χ4n) is 3.72. The topological polar surface area (TPSA) is 0 Å². The third-order valence-electron chi connectivity index (χ3n) is 4.62. The number of fused-ring (bicyclic) bond motifs is 2. The van der Waals surface area contributed by atoms with E-state index < -0.39 is 0 Å². The molecule has 0 amide bonds. The van der Waals surface area contributed by atoms with Crippen molar-refractivity contribution in [3.8, 4) is 0 Å². The van der Waals surface area contributed by atoms with Crippen LogP contribution in [0.1, 0.15) is 64.7 Å². The molecule has 0 aliphatic carbocycles. The summed E-state index contributed by atoms with van der Waals surface area (Å²) in [5, 5.41) is 0. The van der Waals surface area contributed by atoms with Crippen molar-refractivity contribution in [3.05, 3.63) is 9.41 Å². The van der Waals surface area contributed by atoms with E-state index in [1.807, 2.05) is 0 Å². The van der Waals surface area contributed by atoms with Gasteiger partial charge in [0.1, 0.15) is 0 Å². The van der Waals surface area contributed by atoms with Crippen LogP contribution in [0.5, 0.6) is 0 Å². The highest BCUT2D eigenvalue weighted by Gasteiger charge is 2.41. The monoisotopic (exact) mass is 316 g/mol. The first kappa shape index (κ1) is 14.0. The quantitative estimate of drug-likeness (QED) is 0.544. The summed E-state index contributed by atoms with van der Waals surface area (Å²) in [6.45, 7) is 2.93. The highest BCUT2D eigenvalue weighted by molar-refractivity contribution is 9.11. The van der Waals surface area contributed by atoms with Gasteiger partial charge >= 0.3 is 0 Å². The molecule has 0 nitrogen and oxygen atoms in total. The molecule has 2 aliphatic rings. The summed E-state index contributed by atoms with van der Waals surface area (Å²) in [5.41, 5.74) is 0. The smallest absolute Gasteiger partial charge is 0.0991 e. The van der Waals surface area contributed by atoms with Gasteiger partial charge in [-0.05, 0) is 17.8 Å². The van der Waals surface area contributed by atoms with Gasteiger partial charge in [-0.1, -0.05) is 91.0 Å². The third kappa shape index (κ3) is 3.32. The Bertz CT molecular complexity index is 268. The Morgan fingerprint density at radius 2 is 1.71 bits per heavy atom. The minimum Gasteiger partial charge on any atom is -0.0991 e. The molecule has 0 unspecified atom stereocenters.